The molecule has 16 heavy (non-hydrogen) atoms. The van der Waals surface area contributed by atoms with Crippen molar-refractivity contribution in [2.24, 2.45) is 0 Å². The first-order chi connectivity index (χ1) is 7.52. The molecule has 2 amide bonds. The summed E-state index contributed by atoms with van der Waals surface area (Å²) in [4.78, 5) is 24.6. The maximum absolute atomic E-state index is 11.7. The quantitative estimate of drug-likeness (QED) is 0.760. The molecule has 92 valence electrons. The molecule has 1 rings (SSSR count). The summed E-state index contributed by atoms with van der Waals surface area (Å²) in [5.74, 6) is -0.0956. The fourth-order valence-electron chi connectivity index (χ4n) is 1.75. The highest BCUT2D eigenvalue weighted by atomic mass is 16.4. The van der Waals surface area contributed by atoms with E-state index in [1.807, 2.05) is 19.0 Å². The van der Waals surface area contributed by atoms with Crippen LogP contribution >= 0.6 is 0 Å². The smallest absolute Gasteiger partial charge is 0.426 e. The van der Waals surface area contributed by atoms with Crippen LogP contribution in [0.25, 0.3) is 0 Å². The largest absolute Gasteiger partial charge is 0.464 e. The highest BCUT2D eigenvalue weighted by molar-refractivity contribution is 5.79. The van der Waals surface area contributed by atoms with Gasteiger partial charge in [0.05, 0.1) is 0 Å². The predicted octanol–water partition coefficient (Wildman–Crippen LogP) is 0.455. The number of hydrogen-bond donors (Lipinski definition) is 1. The van der Waals surface area contributed by atoms with Crippen molar-refractivity contribution in [3.8, 4) is 0 Å². The number of nitrogens with zero attached hydrogens (tertiary/aromatic N) is 3. The van der Waals surface area contributed by atoms with Crippen molar-refractivity contribution in [1.82, 2.24) is 14.9 Å². The Labute approximate surface area is 95.4 Å². The zero-order valence-electron chi connectivity index (χ0n) is 9.85. The maximum atomic E-state index is 11.7. The number of hydrogen-bond acceptors (Lipinski definition) is 3. The average molecular weight is 229 g/mol. The fraction of sp³-hybridized carbons (Fsp3) is 0.800. The topological polar surface area (TPSA) is 64.1 Å². The van der Waals surface area contributed by atoms with Crippen molar-refractivity contribution in [2.45, 2.75) is 19.3 Å². The van der Waals surface area contributed by atoms with Gasteiger partial charge in [0.15, 0.2) is 0 Å². The number of carbonyl (C=O) groups excluding carboxylic acids is 1. The second-order valence-corrected chi connectivity index (χ2v) is 4.18. The molecule has 0 saturated carbocycles. The van der Waals surface area contributed by atoms with Crippen molar-refractivity contribution in [2.75, 3.05) is 33.7 Å². The molecule has 1 aliphatic rings. The first-order valence-electron chi connectivity index (χ1n) is 5.48. The average Bonchev–Trinajstić information content (AvgIpc) is 2.65. The van der Waals surface area contributed by atoms with Gasteiger partial charge in [0.25, 0.3) is 0 Å². The van der Waals surface area contributed by atoms with Gasteiger partial charge in [0, 0.05) is 19.5 Å². The van der Waals surface area contributed by atoms with E-state index in [1.165, 1.54) is 5.01 Å². The highest BCUT2D eigenvalue weighted by Gasteiger charge is 2.29. The number of rotatable bonds is 4. The third-order valence-electron chi connectivity index (χ3n) is 2.54. The van der Waals surface area contributed by atoms with Gasteiger partial charge in [-0.2, -0.15) is 0 Å². The molecule has 1 fully saturated rings. The molecule has 0 aromatic carbocycles. The fourth-order valence-corrected chi connectivity index (χ4v) is 1.75. The Bertz CT molecular complexity index is 268. The van der Waals surface area contributed by atoms with Crippen molar-refractivity contribution < 1.29 is 14.7 Å². The summed E-state index contributed by atoms with van der Waals surface area (Å²) in [6.45, 7) is 1.79. The third kappa shape index (κ3) is 3.37. The van der Waals surface area contributed by atoms with E-state index in [-0.39, 0.29) is 5.91 Å². The summed E-state index contributed by atoms with van der Waals surface area (Å²) >= 11 is 0. The molecule has 0 aliphatic carbocycles. The van der Waals surface area contributed by atoms with E-state index in [1.54, 1.807) is 0 Å². The van der Waals surface area contributed by atoms with Gasteiger partial charge in [-0.15, -0.1) is 0 Å². The van der Waals surface area contributed by atoms with Gasteiger partial charge < -0.3 is 10.0 Å². The number of carboxylic acid groups (broad SMARTS) is 1. The molecule has 0 aromatic rings. The van der Waals surface area contributed by atoms with E-state index in [4.69, 9.17) is 5.11 Å². The third-order valence-corrected chi connectivity index (χ3v) is 2.54. The van der Waals surface area contributed by atoms with Crippen LogP contribution in [0.15, 0.2) is 0 Å². The van der Waals surface area contributed by atoms with Gasteiger partial charge in [-0.3, -0.25) is 4.79 Å². The van der Waals surface area contributed by atoms with Gasteiger partial charge >= 0.3 is 6.09 Å². The van der Waals surface area contributed by atoms with Gasteiger partial charge in [-0.1, -0.05) is 0 Å². The van der Waals surface area contributed by atoms with Crippen LogP contribution in [0.2, 0.25) is 0 Å². The Morgan fingerprint density at radius 1 is 1.25 bits per heavy atom. The zero-order valence-corrected chi connectivity index (χ0v) is 9.85. The Morgan fingerprint density at radius 2 is 1.88 bits per heavy atom. The SMILES string of the molecule is CN(C)CCCC(=O)N1CCCN1C(=O)O. The van der Waals surface area contributed by atoms with Crippen LogP contribution in [-0.2, 0) is 4.79 Å². The zero-order chi connectivity index (χ0) is 12.1. The van der Waals surface area contributed by atoms with E-state index < -0.39 is 6.09 Å². The molecule has 0 aromatic heterocycles. The molecule has 0 unspecified atom stereocenters. The van der Waals surface area contributed by atoms with Crippen LogP contribution in [0.1, 0.15) is 19.3 Å². The minimum absolute atomic E-state index is 0.0956. The molecule has 0 radical (unpaired) electrons. The van der Waals surface area contributed by atoms with E-state index in [0.717, 1.165) is 24.4 Å². The summed E-state index contributed by atoms with van der Waals surface area (Å²) < 4.78 is 0. The van der Waals surface area contributed by atoms with E-state index in [0.29, 0.717) is 19.5 Å². The molecule has 0 bridgehead atoms. The Kier molecular flexibility index (Phi) is 4.54. The number of carbonyl (C=O) groups is 2. The number of amides is 2. The second-order valence-electron chi connectivity index (χ2n) is 4.18. The van der Waals surface area contributed by atoms with Crippen LogP contribution in [-0.4, -0.2) is 65.8 Å². The monoisotopic (exact) mass is 229 g/mol. The highest BCUT2D eigenvalue weighted by Crippen LogP contribution is 2.12. The lowest BCUT2D eigenvalue weighted by molar-refractivity contribution is -0.141. The van der Waals surface area contributed by atoms with Gasteiger partial charge in [-0.05, 0) is 33.5 Å². The van der Waals surface area contributed by atoms with E-state index in [9.17, 15) is 9.59 Å². The molecular formula is C10H19N3O3. The lowest BCUT2D eigenvalue weighted by atomic mass is 10.3. The van der Waals surface area contributed by atoms with Gasteiger partial charge in [0.2, 0.25) is 5.91 Å². The standard InChI is InChI=1S/C10H19N3O3/c1-11(2)6-3-5-9(14)12-7-4-8-13(12)10(15)16/h3-8H2,1-2H3,(H,15,16). The van der Waals surface area contributed by atoms with Crippen molar-refractivity contribution >= 4 is 12.0 Å². The van der Waals surface area contributed by atoms with Crippen molar-refractivity contribution in [1.29, 1.82) is 0 Å². The van der Waals surface area contributed by atoms with Crippen LogP contribution in [0.4, 0.5) is 4.79 Å². The normalized spacial score (nSPS) is 15.9. The summed E-state index contributed by atoms with van der Waals surface area (Å²) in [6.07, 6.45) is 0.849. The lowest BCUT2D eigenvalue weighted by Crippen LogP contribution is -2.44. The van der Waals surface area contributed by atoms with Crippen molar-refractivity contribution in [3.63, 3.8) is 0 Å². The van der Waals surface area contributed by atoms with Crippen LogP contribution < -0.4 is 0 Å². The first kappa shape index (κ1) is 12.8. The molecule has 0 atom stereocenters. The van der Waals surface area contributed by atoms with Gasteiger partial charge in [-0.25, -0.2) is 14.8 Å². The molecule has 1 heterocycles. The maximum Gasteiger partial charge on any atom is 0.426 e. The molecule has 0 spiro atoms. The Hall–Kier alpha value is -1.30. The summed E-state index contributed by atoms with van der Waals surface area (Å²) in [5.41, 5.74) is 0. The van der Waals surface area contributed by atoms with E-state index >= 15 is 0 Å². The Balaban J connectivity index is 2.38. The van der Waals surface area contributed by atoms with Crippen LogP contribution in [0, 0.1) is 0 Å². The van der Waals surface area contributed by atoms with Gasteiger partial charge in [0.1, 0.15) is 0 Å². The molecule has 1 aliphatic heterocycles. The minimum Gasteiger partial charge on any atom is -0.464 e. The van der Waals surface area contributed by atoms with Crippen LogP contribution in [0.5, 0.6) is 0 Å². The van der Waals surface area contributed by atoms with Crippen LogP contribution in [0.3, 0.4) is 0 Å². The van der Waals surface area contributed by atoms with E-state index in [2.05, 4.69) is 0 Å². The predicted molar refractivity (Wildman–Crippen MR) is 58.8 cm³/mol. The summed E-state index contributed by atoms with van der Waals surface area (Å²) in [5, 5.41) is 11.3. The molecule has 6 nitrogen and oxygen atoms in total. The number of hydrazine groups is 1. The summed E-state index contributed by atoms with van der Waals surface area (Å²) in [6, 6.07) is 0. The molecule has 1 N–H and O–H groups in total. The lowest BCUT2D eigenvalue weighted by Gasteiger charge is -2.25. The molecule has 6 heteroatoms. The Morgan fingerprint density at radius 3 is 2.44 bits per heavy atom. The first-order valence-corrected chi connectivity index (χ1v) is 5.48. The minimum atomic E-state index is -1.04. The summed E-state index contributed by atoms with van der Waals surface area (Å²) in [7, 11) is 3.90. The van der Waals surface area contributed by atoms with Crippen molar-refractivity contribution in [3.05, 3.63) is 0 Å². The second kappa shape index (κ2) is 5.69. The molecule has 1 saturated heterocycles. The molecular weight excluding hydrogens is 210 g/mol.